The van der Waals surface area contributed by atoms with Gasteiger partial charge in [-0.25, -0.2) is 0 Å². The molecule has 0 atom stereocenters. The van der Waals surface area contributed by atoms with Gasteiger partial charge in [-0.15, -0.1) is 0 Å². The van der Waals surface area contributed by atoms with Crippen LogP contribution in [0.1, 0.15) is 13.3 Å². The Hall–Kier alpha value is -1.13. The molecule has 0 amide bonds. The monoisotopic (exact) mass is 172 g/mol. The van der Waals surface area contributed by atoms with Crippen molar-refractivity contribution in [2.45, 2.75) is 13.3 Å². The van der Waals surface area contributed by atoms with Gasteiger partial charge in [0.05, 0.1) is 7.11 Å². The van der Waals surface area contributed by atoms with Crippen LogP contribution in [0, 0.1) is 0 Å². The maximum Gasteiger partial charge on any atom is 0.160 e. The fraction of sp³-hybridized carbons (Fsp3) is 0.375. The molecule has 0 aliphatic carbocycles. The Morgan fingerprint density at radius 3 is 2.75 bits per heavy atom. The summed E-state index contributed by atoms with van der Waals surface area (Å²) in [6.45, 7) is 2.01. The summed E-state index contributed by atoms with van der Waals surface area (Å²) in [5, 5.41) is 9.35. The Morgan fingerprint density at radius 1 is 1.50 bits per heavy atom. The maximum absolute atomic E-state index is 5.20. The first-order valence-corrected chi connectivity index (χ1v) is 3.62. The number of hydrogen-bond donors (Lipinski definition) is 1. The van der Waals surface area contributed by atoms with Crippen molar-refractivity contribution in [2.75, 3.05) is 7.11 Å². The number of rotatable bonds is 6. The van der Waals surface area contributed by atoms with E-state index in [-0.39, 0.29) is 0 Å². The molecule has 0 aliphatic rings. The summed E-state index contributed by atoms with van der Waals surface area (Å²) in [5.41, 5.74) is 1.04. The summed E-state index contributed by atoms with van der Waals surface area (Å²) in [6.07, 6.45) is 7.25. The molecule has 0 aromatic rings. The molecule has 0 saturated heterocycles. The second-order valence-corrected chi connectivity index (χ2v) is 1.92. The minimum absolute atomic E-state index is 0.876. The normalized spacial score (nSPS) is 12.0. The Balaban J connectivity index is 3.76. The molecule has 12 heavy (non-hydrogen) atoms. The van der Waals surface area contributed by atoms with Gasteiger partial charge >= 0.3 is 0 Å². The largest absolute Gasteiger partial charge is 0.316 e. The summed E-state index contributed by atoms with van der Waals surface area (Å²) in [4.78, 5) is 8.65. The second-order valence-electron chi connectivity index (χ2n) is 1.92. The molecule has 0 heterocycles. The molecule has 0 spiro atoms. The Labute approximate surface area is 71.8 Å². The lowest BCUT2D eigenvalue weighted by Gasteiger charge is -1.94. The van der Waals surface area contributed by atoms with Crippen LogP contribution in [-0.4, -0.2) is 13.3 Å². The number of allylic oxidation sites excluding steroid dienone is 3. The maximum atomic E-state index is 5.20. The highest BCUT2D eigenvalue weighted by atomic mass is 17.5. The molecule has 0 radical (unpaired) electrons. The van der Waals surface area contributed by atoms with Gasteiger partial charge in [-0.3, -0.25) is 5.41 Å². The molecule has 68 valence electrons. The molecular formula is C8H14NO3+. The van der Waals surface area contributed by atoms with Gasteiger partial charge in [0, 0.05) is 6.08 Å². The van der Waals surface area contributed by atoms with Crippen LogP contribution in [0.4, 0.5) is 0 Å². The summed E-state index contributed by atoms with van der Waals surface area (Å²) >= 11 is 0. The zero-order chi connectivity index (χ0) is 9.23. The van der Waals surface area contributed by atoms with Crippen molar-refractivity contribution in [1.82, 2.24) is 0 Å². The third-order valence-corrected chi connectivity index (χ3v) is 1.16. The highest BCUT2D eigenvalue weighted by molar-refractivity contribution is 5.67. The van der Waals surface area contributed by atoms with Crippen molar-refractivity contribution in [3.8, 4) is 0 Å². The molecule has 0 saturated carbocycles. The van der Waals surface area contributed by atoms with Crippen LogP contribution in [0.5, 0.6) is 0 Å². The van der Waals surface area contributed by atoms with Crippen LogP contribution >= 0.6 is 0 Å². The molecule has 0 aromatic carbocycles. The van der Waals surface area contributed by atoms with E-state index in [1.165, 1.54) is 19.6 Å². The standard InChI is InChI=1S/C8H13NO3/c1-3-8(4-6-9)5-7-11-12-10-2/h4-7,9H,3H2,1-2H3/p+1/b7-5?,8-4-,9-6?. The fourth-order valence-electron chi connectivity index (χ4n) is 0.592. The Kier molecular flexibility index (Phi) is 7.22. The highest BCUT2D eigenvalue weighted by Crippen LogP contribution is 2.00. The van der Waals surface area contributed by atoms with Crippen molar-refractivity contribution >= 4 is 6.21 Å². The van der Waals surface area contributed by atoms with E-state index in [1.807, 2.05) is 6.92 Å². The minimum Gasteiger partial charge on any atom is -0.316 e. The van der Waals surface area contributed by atoms with E-state index < -0.39 is 0 Å². The van der Waals surface area contributed by atoms with E-state index in [4.69, 9.17) is 5.41 Å². The Bertz CT molecular complexity index is 175. The van der Waals surface area contributed by atoms with Crippen molar-refractivity contribution < 1.29 is 20.2 Å². The first kappa shape index (κ1) is 10.9. The summed E-state index contributed by atoms with van der Waals surface area (Å²) in [5.74, 6) is 0. The smallest absolute Gasteiger partial charge is 0.160 e. The van der Waals surface area contributed by atoms with Gasteiger partial charge in [0.15, 0.2) is 6.21 Å². The quantitative estimate of drug-likeness (QED) is 0.155. The van der Waals surface area contributed by atoms with Gasteiger partial charge in [0.25, 0.3) is 0 Å². The fourth-order valence-corrected chi connectivity index (χ4v) is 0.592. The topological polar surface area (TPSA) is 53.3 Å². The molecule has 0 rings (SSSR count). The second kappa shape index (κ2) is 7.97. The van der Waals surface area contributed by atoms with Gasteiger partial charge < -0.3 is 4.89 Å². The summed E-state index contributed by atoms with van der Waals surface area (Å²) in [7, 11) is 1.36. The van der Waals surface area contributed by atoms with Crippen LogP contribution in [-0.2, 0) is 14.8 Å². The van der Waals surface area contributed by atoms with Gasteiger partial charge in [-0.2, -0.15) is 4.89 Å². The van der Waals surface area contributed by atoms with Gasteiger partial charge in [-0.05, 0) is 23.1 Å². The first-order chi connectivity index (χ1) is 5.85. The van der Waals surface area contributed by atoms with E-state index in [2.05, 4.69) is 14.8 Å². The Morgan fingerprint density at radius 2 is 2.25 bits per heavy atom. The predicted molar refractivity (Wildman–Crippen MR) is 44.7 cm³/mol. The molecule has 0 bridgehead atoms. The SMILES string of the molecule is CC/C(C=COOOC)=C/C=[NH2+]. The average Bonchev–Trinajstić information content (AvgIpc) is 2.10. The molecular weight excluding hydrogens is 158 g/mol. The summed E-state index contributed by atoms with van der Waals surface area (Å²) < 4.78 is 0. The third-order valence-electron chi connectivity index (χ3n) is 1.16. The van der Waals surface area contributed by atoms with Crippen molar-refractivity contribution in [1.29, 1.82) is 0 Å². The van der Waals surface area contributed by atoms with E-state index in [1.54, 1.807) is 12.2 Å². The highest BCUT2D eigenvalue weighted by Gasteiger charge is 1.86. The molecule has 2 N–H and O–H groups in total. The molecule has 0 aromatic heterocycles. The molecule has 0 fully saturated rings. The zero-order valence-electron chi connectivity index (χ0n) is 7.32. The van der Waals surface area contributed by atoms with Gasteiger partial charge in [-0.1, -0.05) is 6.92 Å². The number of nitrogens with two attached hydrogens (primary N) is 1. The van der Waals surface area contributed by atoms with Crippen LogP contribution in [0.25, 0.3) is 0 Å². The molecule has 0 aliphatic heterocycles. The zero-order valence-corrected chi connectivity index (χ0v) is 7.32. The third kappa shape index (κ3) is 5.64. The van der Waals surface area contributed by atoms with Crippen molar-refractivity contribution in [2.24, 2.45) is 0 Å². The van der Waals surface area contributed by atoms with Gasteiger partial charge in [0.1, 0.15) is 6.26 Å². The molecule has 4 heteroatoms. The average molecular weight is 172 g/mol. The van der Waals surface area contributed by atoms with E-state index in [9.17, 15) is 0 Å². The van der Waals surface area contributed by atoms with Gasteiger partial charge in [0.2, 0.25) is 0 Å². The van der Waals surface area contributed by atoms with E-state index >= 15 is 0 Å². The first-order valence-electron chi connectivity index (χ1n) is 3.62. The van der Waals surface area contributed by atoms with Crippen LogP contribution in [0.3, 0.4) is 0 Å². The van der Waals surface area contributed by atoms with E-state index in [0.29, 0.717) is 0 Å². The predicted octanol–water partition coefficient (Wildman–Crippen LogP) is 0.176. The number of hydrogen-bond acceptors (Lipinski definition) is 3. The summed E-state index contributed by atoms with van der Waals surface area (Å²) in [6, 6.07) is 0. The van der Waals surface area contributed by atoms with Crippen molar-refractivity contribution in [3.63, 3.8) is 0 Å². The van der Waals surface area contributed by atoms with Crippen LogP contribution < -0.4 is 5.41 Å². The minimum atomic E-state index is 0.876. The van der Waals surface area contributed by atoms with Crippen LogP contribution in [0.15, 0.2) is 24.0 Å². The van der Waals surface area contributed by atoms with E-state index in [0.717, 1.165) is 12.0 Å². The lowest BCUT2D eigenvalue weighted by Crippen LogP contribution is -2.28. The lowest BCUT2D eigenvalue weighted by molar-refractivity contribution is -0.478. The lowest BCUT2D eigenvalue weighted by atomic mass is 10.2. The van der Waals surface area contributed by atoms with Crippen LogP contribution in [0.2, 0.25) is 0 Å². The molecule has 4 nitrogen and oxygen atoms in total. The molecule has 0 unspecified atom stereocenters. The van der Waals surface area contributed by atoms with Crippen molar-refractivity contribution in [3.05, 3.63) is 24.0 Å².